The monoisotopic (exact) mass is 254 g/mol. The molecule has 2 rings (SSSR count). The van der Waals surface area contributed by atoms with Crippen molar-refractivity contribution >= 4 is 17.2 Å². The quantitative estimate of drug-likeness (QED) is 0.851. The molecular weight excluding hydrogens is 236 g/mol. The van der Waals surface area contributed by atoms with E-state index in [1.165, 1.54) is 4.88 Å². The van der Waals surface area contributed by atoms with Gasteiger partial charge < -0.3 is 15.4 Å². The Hall–Kier alpha value is -0.910. The first-order valence-electron chi connectivity index (χ1n) is 5.80. The molecule has 2 N–H and O–H groups in total. The second kappa shape index (κ2) is 5.62. The number of carbonyl (C=O) groups is 1. The molecular formula is C12H18N2O2S. The second-order valence-corrected chi connectivity index (χ2v) is 5.28. The van der Waals surface area contributed by atoms with Crippen LogP contribution in [-0.2, 0) is 9.53 Å². The Kier molecular flexibility index (Phi) is 4.15. The molecule has 0 spiro atoms. The van der Waals surface area contributed by atoms with E-state index in [1.54, 1.807) is 18.4 Å². The van der Waals surface area contributed by atoms with Crippen LogP contribution in [0.2, 0.25) is 0 Å². The fourth-order valence-corrected chi connectivity index (χ4v) is 2.74. The molecule has 1 aromatic rings. The van der Waals surface area contributed by atoms with E-state index >= 15 is 0 Å². The van der Waals surface area contributed by atoms with Crippen LogP contribution in [-0.4, -0.2) is 31.7 Å². The number of hydrogen-bond acceptors (Lipinski definition) is 4. The van der Waals surface area contributed by atoms with Crippen LogP contribution in [0.5, 0.6) is 0 Å². The van der Waals surface area contributed by atoms with E-state index in [9.17, 15) is 4.79 Å². The van der Waals surface area contributed by atoms with Gasteiger partial charge in [-0.05, 0) is 24.8 Å². The zero-order valence-corrected chi connectivity index (χ0v) is 10.9. The topological polar surface area (TPSA) is 50.4 Å². The highest BCUT2D eigenvalue weighted by Gasteiger charge is 2.29. The third kappa shape index (κ3) is 3.06. The van der Waals surface area contributed by atoms with E-state index in [-0.39, 0.29) is 24.1 Å². The fraction of sp³-hybridized carbons (Fsp3) is 0.583. The van der Waals surface area contributed by atoms with Gasteiger partial charge in [-0.2, -0.15) is 0 Å². The highest BCUT2D eigenvalue weighted by atomic mass is 32.1. The van der Waals surface area contributed by atoms with Crippen LogP contribution in [0.1, 0.15) is 24.3 Å². The molecule has 0 aromatic carbocycles. The highest BCUT2D eigenvalue weighted by molar-refractivity contribution is 7.10. The standard InChI is InChI=1S/C12H18N2O2S/c1-8(11-4-3-5-17-11)14-12(15)10-6-9(16-2)7-13-10/h3-5,8-10,13H,6-7H2,1-2H3,(H,14,15). The van der Waals surface area contributed by atoms with Gasteiger partial charge in [-0.3, -0.25) is 4.79 Å². The summed E-state index contributed by atoms with van der Waals surface area (Å²) in [6.45, 7) is 2.76. The minimum Gasteiger partial charge on any atom is -0.380 e. The molecule has 2 heterocycles. The smallest absolute Gasteiger partial charge is 0.237 e. The van der Waals surface area contributed by atoms with Crippen LogP contribution < -0.4 is 10.6 Å². The average molecular weight is 254 g/mol. The van der Waals surface area contributed by atoms with Crippen LogP contribution in [0.15, 0.2) is 17.5 Å². The molecule has 1 amide bonds. The third-order valence-corrected chi connectivity index (χ3v) is 4.12. The van der Waals surface area contributed by atoms with Crippen LogP contribution in [0.25, 0.3) is 0 Å². The molecule has 5 heteroatoms. The summed E-state index contributed by atoms with van der Waals surface area (Å²) in [6, 6.07) is 3.99. The Bertz CT molecular complexity index is 367. The number of hydrogen-bond donors (Lipinski definition) is 2. The van der Waals surface area contributed by atoms with Crippen molar-refractivity contribution in [2.45, 2.75) is 31.5 Å². The highest BCUT2D eigenvalue weighted by Crippen LogP contribution is 2.19. The summed E-state index contributed by atoms with van der Waals surface area (Å²) in [5.41, 5.74) is 0. The van der Waals surface area contributed by atoms with Crippen LogP contribution in [0.3, 0.4) is 0 Å². The van der Waals surface area contributed by atoms with Crippen LogP contribution in [0.4, 0.5) is 0 Å². The van der Waals surface area contributed by atoms with Gasteiger partial charge >= 0.3 is 0 Å². The van der Waals surface area contributed by atoms with Gasteiger partial charge in [0.1, 0.15) is 0 Å². The lowest BCUT2D eigenvalue weighted by molar-refractivity contribution is -0.123. The maximum atomic E-state index is 12.0. The molecule has 1 aromatic heterocycles. The zero-order valence-electron chi connectivity index (χ0n) is 10.1. The van der Waals surface area contributed by atoms with E-state index in [1.807, 2.05) is 24.4 Å². The lowest BCUT2D eigenvalue weighted by Crippen LogP contribution is -2.41. The number of rotatable bonds is 4. The molecule has 3 unspecified atom stereocenters. The number of amides is 1. The second-order valence-electron chi connectivity index (χ2n) is 4.30. The maximum absolute atomic E-state index is 12.0. The molecule has 3 atom stereocenters. The van der Waals surface area contributed by atoms with E-state index < -0.39 is 0 Å². The van der Waals surface area contributed by atoms with Crippen LogP contribution in [0, 0.1) is 0 Å². The molecule has 1 saturated heterocycles. The van der Waals surface area contributed by atoms with Crippen molar-refractivity contribution in [3.05, 3.63) is 22.4 Å². The van der Waals surface area contributed by atoms with E-state index in [0.717, 1.165) is 13.0 Å². The van der Waals surface area contributed by atoms with Gasteiger partial charge in [-0.1, -0.05) is 6.07 Å². The van der Waals surface area contributed by atoms with Crippen molar-refractivity contribution in [2.75, 3.05) is 13.7 Å². The van der Waals surface area contributed by atoms with Gasteiger partial charge in [0.25, 0.3) is 0 Å². The first-order chi connectivity index (χ1) is 8.20. The molecule has 17 heavy (non-hydrogen) atoms. The first-order valence-corrected chi connectivity index (χ1v) is 6.68. The van der Waals surface area contributed by atoms with Crippen molar-refractivity contribution in [3.63, 3.8) is 0 Å². The third-order valence-electron chi connectivity index (χ3n) is 3.07. The van der Waals surface area contributed by atoms with Gasteiger partial charge in [-0.15, -0.1) is 11.3 Å². The average Bonchev–Trinajstić information content (AvgIpc) is 3.00. The molecule has 0 bridgehead atoms. The lowest BCUT2D eigenvalue weighted by Gasteiger charge is -2.16. The molecule has 0 saturated carbocycles. The number of ether oxygens (including phenoxy) is 1. The molecule has 0 aliphatic carbocycles. The maximum Gasteiger partial charge on any atom is 0.237 e. The Morgan fingerprint density at radius 2 is 2.53 bits per heavy atom. The molecule has 4 nitrogen and oxygen atoms in total. The van der Waals surface area contributed by atoms with Crippen molar-refractivity contribution in [1.82, 2.24) is 10.6 Å². The summed E-state index contributed by atoms with van der Waals surface area (Å²) in [6.07, 6.45) is 0.905. The van der Waals surface area contributed by atoms with E-state index in [2.05, 4.69) is 10.6 Å². The predicted octanol–water partition coefficient (Wildman–Crippen LogP) is 1.30. The molecule has 94 valence electrons. The largest absolute Gasteiger partial charge is 0.380 e. The van der Waals surface area contributed by atoms with E-state index in [4.69, 9.17) is 4.74 Å². The molecule has 0 radical (unpaired) electrons. The van der Waals surface area contributed by atoms with Crippen molar-refractivity contribution < 1.29 is 9.53 Å². The van der Waals surface area contributed by atoms with Crippen molar-refractivity contribution in [2.24, 2.45) is 0 Å². The predicted molar refractivity (Wildman–Crippen MR) is 68.1 cm³/mol. The number of methoxy groups -OCH3 is 1. The minimum absolute atomic E-state index is 0.0606. The van der Waals surface area contributed by atoms with Crippen molar-refractivity contribution in [3.8, 4) is 0 Å². The summed E-state index contributed by atoms with van der Waals surface area (Å²) in [5.74, 6) is 0.0606. The first kappa shape index (κ1) is 12.5. The molecule has 1 aliphatic heterocycles. The Balaban J connectivity index is 1.85. The number of carbonyl (C=O) groups excluding carboxylic acids is 1. The summed E-state index contributed by atoms with van der Waals surface area (Å²) < 4.78 is 5.23. The van der Waals surface area contributed by atoms with Crippen molar-refractivity contribution in [1.29, 1.82) is 0 Å². The number of thiophene rings is 1. The van der Waals surface area contributed by atoms with Gasteiger partial charge in [0, 0.05) is 18.5 Å². The minimum atomic E-state index is -0.123. The van der Waals surface area contributed by atoms with Gasteiger partial charge in [-0.25, -0.2) is 0 Å². The molecule has 1 fully saturated rings. The van der Waals surface area contributed by atoms with E-state index in [0.29, 0.717) is 0 Å². The SMILES string of the molecule is COC1CNC(C(=O)NC(C)c2cccs2)C1. The summed E-state index contributed by atoms with van der Waals surface area (Å²) in [7, 11) is 1.68. The summed E-state index contributed by atoms with van der Waals surface area (Å²) in [4.78, 5) is 13.2. The van der Waals surface area contributed by atoms with Gasteiger partial charge in [0.05, 0.1) is 18.2 Å². The lowest BCUT2D eigenvalue weighted by atomic mass is 10.1. The number of nitrogens with one attached hydrogen (secondary N) is 2. The summed E-state index contributed by atoms with van der Waals surface area (Å²) in [5, 5.41) is 8.22. The molecule has 1 aliphatic rings. The normalized spacial score (nSPS) is 25.8. The Labute approximate surface area is 105 Å². The van der Waals surface area contributed by atoms with Crippen LogP contribution >= 0.6 is 11.3 Å². The summed E-state index contributed by atoms with van der Waals surface area (Å²) >= 11 is 1.66. The fourth-order valence-electron chi connectivity index (χ4n) is 2.01. The van der Waals surface area contributed by atoms with Gasteiger partial charge in [0.15, 0.2) is 0 Å². The zero-order chi connectivity index (χ0) is 12.3. The Morgan fingerprint density at radius 3 is 3.12 bits per heavy atom. The Morgan fingerprint density at radius 1 is 1.71 bits per heavy atom. The van der Waals surface area contributed by atoms with Gasteiger partial charge in [0.2, 0.25) is 5.91 Å².